The van der Waals surface area contributed by atoms with E-state index in [1.165, 1.54) is 16.7 Å². The van der Waals surface area contributed by atoms with E-state index in [1.54, 1.807) is 0 Å². The second-order valence-corrected chi connectivity index (χ2v) is 6.41. The van der Waals surface area contributed by atoms with Crippen LogP contribution in [0.4, 0.5) is 0 Å². The quantitative estimate of drug-likeness (QED) is 0.885. The van der Waals surface area contributed by atoms with Gasteiger partial charge in [0.2, 0.25) is 0 Å². The van der Waals surface area contributed by atoms with Crippen molar-refractivity contribution in [3.8, 4) is 0 Å². The van der Waals surface area contributed by atoms with Crippen molar-refractivity contribution in [1.29, 1.82) is 0 Å². The third-order valence-corrected chi connectivity index (χ3v) is 4.60. The van der Waals surface area contributed by atoms with E-state index in [0.29, 0.717) is 6.04 Å². The lowest BCUT2D eigenvalue weighted by Gasteiger charge is -2.27. The van der Waals surface area contributed by atoms with Crippen LogP contribution in [0.2, 0.25) is 0 Å². The van der Waals surface area contributed by atoms with Gasteiger partial charge in [-0.25, -0.2) is 0 Å². The van der Waals surface area contributed by atoms with Crippen molar-refractivity contribution in [2.75, 3.05) is 13.2 Å². The molecule has 3 rings (SSSR count). The van der Waals surface area contributed by atoms with Gasteiger partial charge in [-0.2, -0.15) is 0 Å². The molecule has 1 heterocycles. The molecule has 21 heavy (non-hydrogen) atoms. The summed E-state index contributed by atoms with van der Waals surface area (Å²) in [6.07, 6.45) is 1.18. The van der Waals surface area contributed by atoms with Gasteiger partial charge in [0.05, 0.1) is 12.7 Å². The molecule has 2 atom stereocenters. The Labute approximate surface area is 134 Å². The summed E-state index contributed by atoms with van der Waals surface area (Å²) in [7, 11) is 0. The number of rotatable bonds is 4. The summed E-state index contributed by atoms with van der Waals surface area (Å²) in [5, 5.41) is 3.59. The summed E-state index contributed by atoms with van der Waals surface area (Å²) in [6.45, 7) is 3.85. The Bertz CT molecular complexity index is 596. The summed E-state index contributed by atoms with van der Waals surface area (Å²) in [6, 6.07) is 17.4. The van der Waals surface area contributed by atoms with Crippen LogP contribution in [-0.4, -0.2) is 13.2 Å². The van der Waals surface area contributed by atoms with Crippen LogP contribution in [0.5, 0.6) is 0 Å². The van der Waals surface area contributed by atoms with Crippen LogP contribution in [0.1, 0.15) is 35.8 Å². The maximum Gasteiger partial charge on any atom is 0.0952 e. The van der Waals surface area contributed by atoms with Gasteiger partial charge in [-0.3, -0.25) is 0 Å². The molecule has 2 aromatic rings. The van der Waals surface area contributed by atoms with Gasteiger partial charge >= 0.3 is 0 Å². The van der Waals surface area contributed by atoms with E-state index >= 15 is 0 Å². The highest BCUT2D eigenvalue weighted by molar-refractivity contribution is 9.10. The van der Waals surface area contributed by atoms with E-state index in [4.69, 9.17) is 4.74 Å². The molecule has 110 valence electrons. The lowest BCUT2D eigenvalue weighted by Crippen LogP contribution is -2.29. The van der Waals surface area contributed by atoms with Crippen molar-refractivity contribution in [2.45, 2.75) is 25.5 Å². The lowest BCUT2D eigenvalue weighted by atomic mass is 9.97. The van der Waals surface area contributed by atoms with Gasteiger partial charge in [-0.1, -0.05) is 52.3 Å². The van der Waals surface area contributed by atoms with E-state index < -0.39 is 0 Å². The molecule has 0 spiro atoms. The number of hydrogen-bond donors (Lipinski definition) is 1. The minimum Gasteiger partial charge on any atom is -0.372 e. The van der Waals surface area contributed by atoms with Crippen molar-refractivity contribution in [3.63, 3.8) is 0 Å². The monoisotopic (exact) mass is 345 g/mol. The molecule has 0 saturated carbocycles. The molecule has 1 N–H and O–H groups in total. The third-order valence-electron chi connectivity index (χ3n) is 4.07. The fourth-order valence-corrected chi connectivity index (χ4v) is 3.06. The minimum atomic E-state index is 0.160. The van der Waals surface area contributed by atoms with E-state index in [-0.39, 0.29) is 6.10 Å². The van der Waals surface area contributed by atoms with Crippen LogP contribution >= 0.6 is 15.9 Å². The van der Waals surface area contributed by atoms with Crippen LogP contribution in [0.25, 0.3) is 0 Å². The molecule has 0 bridgehead atoms. The Morgan fingerprint density at radius 2 is 1.95 bits per heavy atom. The molecule has 1 unspecified atom stereocenters. The predicted molar refractivity (Wildman–Crippen MR) is 89.4 cm³/mol. The van der Waals surface area contributed by atoms with E-state index in [1.807, 2.05) is 0 Å². The summed E-state index contributed by atoms with van der Waals surface area (Å²) in [5.41, 5.74) is 4.05. The topological polar surface area (TPSA) is 21.3 Å². The molecule has 2 nitrogen and oxygen atoms in total. The summed E-state index contributed by atoms with van der Waals surface area (Å²) in [5.74, 6) is 0. The fraction of sp³-hybridized carbons (Fsp3) is 0.333. The van der Waals surface area contributed by atoms with Gasteiger partial charge in [0.25, 0.3) is 0 Å². The van der Waals surface area contributed by atoms with Gasteiger partial charge in [0.15, 0.2) is 0 Å². The van der Waals surface area contributed by atoms with Crippen LogP contribution in [0.15, 0.2) is 53.0 Å². The molecule has 0 aliphatic carbocycles. The van der Waals surface area contributed by atoms with Gasteiger partial charge in [0, 0.05) is 17.1 Å². The highest BCUT2D eigenvalue weighted by atomic mass is 79.9. The zero-order chi connectivity index (χ0) is 14.7. The van der Waals surface area contributed by atoms with E-state index in [2.05, 4.69) is 76.7 Å². The predicted octanol–water partition coefficient (Wildman–Crippen LogP) is 4.41. The average Bonchev–Trinajstić information content (AvgIpc) is 2.53. The smallest absolute Gasteiger partial charge is 0.0952 e. The zero-order valence-electron chi connectivity index (χ0n) is 12.2. The third kappa shape index (κ3) is 3.54. The van der Waals surface area contributed by atoms with E-state index in [9.17, 15) is 0 Å². The van der Waals surface area contributed by atoms with Crippen LogP contribution in [0.3, 0.4) is 0 Å². The number of fused-ring (bicyclic) bond motifs is 1. The van der Waals surface area contributed by atoms with Crippen molar-refractivity contribution < 1.29 is 4.74 Å². The molecule has 0 saturated heterocycles. The molecule has 0 amide bonds. The number of hydrogen-bond acceptors (Lipinski definition) is 2. The molecule has 1 aliphatic rings. The maximum atomic E-state index is 5.94. The highest BCUT2D eigenvalue weighted by Crippen LogP contribution is 2.27. The second kappa shape index (κ2) is 6.73. The highest BCUT2D eigenvalue weighted by Gasteiger charge is 2.20. The molecule has 0 aromatic heterocycles. The summed E-state index contributed by atoms with van der Waals surface area (Å²) < 4.78 is 7.05. The molecular formula is C18H20BrNO. The van der Waals surface area contributed by atoms with Crippen molar-refractivity contribution in [2.24, 2.45) is 0 Å². The summed E-state index contributed by atoms with van der Waals surface area (Å²) >= 11 is 3.47. The number of ether oxygens (including phenoxy) is 1. The number of nitrogens with one attached hydrogen (secondary N) is 1. The molecule has 0 radical (unpaired) electrons. The van der Waals surface area contributed by atoms with Gasteiger partial charge in [-0.05, 0) is 42.2 Å². The standard InChI is InChI=1S/C18H20BrNO/c1-13(14-6-8-16(19)9-7-14)20-12-18-17-5-3-2-4-15(17)10-11-21-18/h2-9,13,18,20H,10-12H2,1H3/t13-,18?/m0/s1. The molecule has 3 heteroatoms. The first kappa shape index (κ1) is 14.8. The normalized spacial score (nSPS) is 19.0. The van der Waals surface area contributed by atoms with Gasteiger partial charge in [0.1, 0.15) is 0 Å². The Balaban J connectivity index is 1.64. The Kier molecular flexibility index (Phi) is 4.73. The molecular weight excluding hydrogens is 326 g/mol. The maximum absolute atomic E-state index is 5.94. The van der Waals surface area contributed by atoms with Crippen LogP contribution < -0.4 is 5.32 Å². The first-order valence-corrected chi connectivity index (χ1v) is 8.21. The Morgan fingerprint density at radius 1 is 1.19 bits per heavy atom. The van der Waals surface area contributed by atoms with Gasteiger partial charge < -0.3 is 10.1 Å². The number of benzene rings is 2. The fourth-order valence-electron chi connectivity index (χ4n) is 2.80. The molecule has 0 fully saturated rings. The van der Waals surface area contributed by atoms with Crippen LogP contribution in [-0.2, 0) is 11.2 Å². The van der Waals surface area contributed by atoms with Crippen molar-refractivity contribution in [1.82, 2.24) is 5.32 Å². The number of halogens is 1. The largest absolute Gasteiger partial charge is 0.372 e. The Morgan fingerprint density at radius 3 is 2.76 bits per heavy atom. The van der Waals surface area contributed by atoms with Crippen LogP contribution in [0, 0.1) is 0 Å². The zero-order valence-corrected chi connectivity index (χ0v) is 13.8. The molecule has 1 aliphatic heterocycles. The molecule has 2 aromatic carbocycles. The lowest BCUT2D eigenvalue weighted by molar-refractivity contribution is 0.0410. The van der Waals surface area contributed by atoms with E-state index in [0.717, 1.165) is 24.0 Å². The summed E-state index contributed by atoms with van der Waals surface area (Å²) in [4.78, 5) is 0. The van der Waals surface area contributed by atoms with Crippen molar-refractivity contribution >= 4 is 15.9 Å². The first-order valence-electron chi connectivity index (χ1n) is 7.42. The second-order valence-electron chi connectivity index (χ2n) is 5.49. The minimum absolute atomic E-state index is 0.160. The van der Waals surface area contributed by atoms with Crippen molar-refractivity contribution in [3.05, 3.63) is 69.7 Å². The SMILES string of the molecule is C[C@H](NCC1OCCc2ccccc21)c1ccc(Br)cc1. The average molecular weight is 346 g/mol. The first-order chi connectivity index (χ1) is 10.2. The van der Waals surface area contributed by atoms with Gasteiger partial charge in [-0.15, -0.1) is 0 Å². The Hall–Kier alpha value is -1.16.